The molecule has 0 atom stereocenters. The lowest BCUT2D eigenvalue weighted by Gasteiger charge is -2.09. The topological polar surface area (TPSA) is 67.2 Å². The first-order valence-corrected chi connectivity index (χ1v) is 10.0. The number of nitrogens with one attached hydrogen (secondary N) is 2. The molecular weight excluding hydrogens is 394 g/mol. The second-order valence-electron chi connectivity index (χ2n) is 7.24. The van der Waals surface area contributed by atoms with Crippen LogP contribution >= 0.6 is 12.2 Å². The zero-order chi connectivity index (χ0) is 21.1. The molecule has 30 heavy (non-hydrogen) atoms. The van der Waals surface area contributed by atoms with Crippen molar-refractivity contribution in [1.82, 2.24) is 10.3 Å². The summed E-state index contributed by atoms with van der Waals surface area (Å²) in [6.45, 7) is 4.10. The molecule has 6 heteroatoms. The molecule has 0 fully saturated rings. The van der Waals surface area contributed by atoms with E-state index in [0.29, 0.717) is 17.0 Å². The van der Waals surface area contributed by atoms with E-state index in [1.54, 1.807) is 0 Å². The molecule has 0 saturated heterocycles. The molecule has 0 aliphatic heterocycles. The highest BCUT2D eigenvalue weighted by Gasteiger charge is 2.11. The van der Waals surface area contributed by atoms with Crippen LogP contribution in [0.5, 0.6) is 0 Å². The minimum Gasteiger partial charge on any atom is -0.436 e. The van der Waals surface area contributed by atoms with E-state index in [1.807, 2.05) is 74.5 Å². The standard InChI is InChI=1S/C24H21N3O2S/c1-15-10-16(2)12-18(11-15)23-26-20-14-19(8-9-21(20)29-23)25-24(30)27-22(28)13-17-6-4-3-5-7-17/h3-12,14H,13H2,1-2H3,(H2,25,27,28,30). The van der Waals surface area contributed by atoms with Crippen LogP contribution in [0.1, 0.15) is 16.7 Å². The van der Waals surface area contributed by atoms with Gasteiger partial charge in [-0.2, -0.15) is 0 Å². The maximum Gasteiger partial charge on any atom is 0.230 e. The monoisotopic (exact) mass is 415 g/mol. The summed E-state index contributed by atoms with van der Waals surface area (Å²) < 4.78 is 5.91. The third-order valence-electron chi connectivity index (χ3n) is 4.57. The lowest BCUT2D eigenvalue weighted by atomic mass is 10.1. The van der Waals surface area contributed by atoms with Crippen molar-refractivity contribution in [3.8, 4) is 11.5 Å². The van der Waals surface area contributed by atoms with Crippen molar-refractivity contribution in [1.29, 1.82) is 0 Å². The first-order chi connectivity index (χ1) is 14.5. The van der Waals surface area contributed by atoms with Gasteiger partial charge in [0, 0.05) is 11.3 Å². The van der Waals surface area contributed by atoms with Crippen LogP contribution < -0.4 is 10.6 Å². The highest BCUT2D eigenvalue weighted by Crippen LogP contribution is 2.27. The van der Waals surface area contributed by atoms with Gasteiger partial charge < -0.3 is 15.1 Å². The Labute approximate surface area is 180 Å². The number of anilines is 1. The quantitative estimate of drug-likeness (QED) is 0.450. The average molecular weight is 416 g/mol. The number of benzene rings is 3. The number of fused-ring (bicyclic) bond motifs is 1. The zero-order valence-corrected chi connectivity index (χ0v) is 17.5. The molecule has 0 radical (unpaired) electrons. The number of nitrogens with zero attached hydrogens (tertiary/aromatic N) is 1. The van der Waals surface area contributed by atoms with Gasteiger partial charge in [-0.15, -0.1) is 0 Å². The van der Waals surface area contributed by atoms with Gasteiger partial charge in [0.25, 0.3) is 0 Å². The molecule has 4 rings (SSSR count). The Morgan fingerprint density at radius 2 is 1.73 bits per heavy atom. The number of rotatable bonds is 4. The molecule has 0 aliphatic rings. The molecule has 0 unspecified atom stereocenters. The zero-order valence-electron chi connectivity index (χ0n) is 16.7. The fourth-order valence-electron chi connectivity index (χ4n) is 3.34. The SMILES string of the molecule is Cc1cc(C)cc(-c2nc3cc(NC(=S)NC(=O)Cc4ccccc4)ccc3o2)c1. The maximum atomic E-state index is 12.2. The predicted molar refractivity (Wildman–Crippen MR) is 123 cm³/mol. The maximum absolute atomic E-state index is 12.2. The first-order valence-electron chi connectivity index (χ1n) is 9.60. The van der Waals surface area contributed by atoms with Crippen molar-refractivity contribution in [3.05, 3.63) is 83.4 Å². The van der Waals surface area contributed by atoms with Crippen LogP contribution in [0.25, 0.3) is 22.6 Å². The van der Waals surface area contributed by atoms with Crippen LogP contribution in [-0.4, -0.2) is 16.0 Å². The summed E-state index contributed by atoms with van der Waals surface area (Å²) in [4.78, 5) is 16.8. The summed E-state index contributed by atoms with van der Waals surface area (Å²) in [7, 11) is 0. The molecule has 4 aromatic rings. The van der Waals surface area contributed by atoms with Crippen LogP contribution in [0.2, 0.25) is 0 Å². The predicted octanol–water partition coefficient (Wildman–Crippen LogP) is 5.17. The van der Waals surface area contributed by atoms with Gasteiger partial charge in [0.1, 0.15) is 5.52 Å². The smallest absolute Gasteiger partial charge is 0.230 e. The Morgan fingerprint density at radius 3 is 2.47 bits per heavy atom. The number of amides is 1. The van der Waals surface area contributed by atoms with Crippen LogP contribution in [0.4, 0.5) is 5.69 Å². The molecule has 1 aromatic heterocycles. The van der Waals surface area contributed by atoms with E-state index in [2.05, 4.69) is 21.7 Å². The molecule has 150 valence electrons. The van der Waals surface area contributed by atoms with Gasteiger partial charge >= 0.3 is 0 Å². The second kappa shape index (κ2) is 8.47. The third kappa shape index (κ3) is 4.72. The summed E-state index contributed by atoms with van der Waals surface area (Å²) in [6, 6.07) is 21.3. The molecule has 0 saturated carbocycles. The van der Waals surface area contributed by atoms with Crippen molar-refractivity contribution >= 4 is 40.0 Å². The summed E-state index contributed by atoms with van der Waals surface area (Å²) in [5, 5.41) is 5.99. The van der Waals surface area contributed by atoms with E-state index in [0.717, 1.165) is 27.9 Å². The number of thiocarbonyl (C=S) groups is 1. The van der Waals surface area contributed by atoms with Gasteiger partial charge in [0.15, 0.2) is 10.7 Å². The van der Waals surface area contributed by atoms with Crippen molar-refractivity contribution < 1.29 is 9.21 Å². The normalized spacial score (nSPS) is 10.7. The highest BCUT2D eigenvalue weighted by atomic mass is 32.1. The Hall–Kier alpha value is -3.51. The Balaban J connectivity index is 1.45. The number of aryl methyl sites for hydroxylation is 2. The summed E-state index contributed by atoms with van der Waals surface area (Å²) in [5.41, 5.74) is 6.33. The second-order valence-corrected chi connectivity index (χ2v) is 7.65. The lowest BCUT2D eigenvalue weighted by molar-refractivity contribution is -0.119. The molecule has 1 amide bonds. The van der Waals surface area contributed by atoms with E-state index < -0.39 is 0 Å². The largest absolute Gasteiger partial charge is 0.436 e. The number of carbonyl (C=O) groups is 1. The Kier molecular flexibility index (Phi) is 5.59. The summed E-state index contributed by atoms with van der Waals surface area (Å²) in [5.74, 6) is 0.408. The number of hydrogen-bond donors (Lipinski definition) is 2. The van der Waals surface area contributed by atoms with Crippen molar-refractivity contribution in [2.45, 2.75) is 20.3 Å². The van der Waals surface area contributed by atoms with Crippen molar-refractivity contribution in [2.75, 3.05) is 5.32 Å². The molecule has 5 nitrogen and oxygen atoms in total. The Bertz CT molecular complexity index is 1210. The first kappa shape index (κ1) is 19.8. The van der Waals surface area contributed by atoms with Gasteiger partial charge in [-0.1, -0.05) is 47.5 Å². The van der Waals surface area contributed by atoms with Crippen LogP contribution in [-0.2, 0) is 11.2 Å². The minimum atomic E-state index is -0.168. The lowest BCUT2D eigenvalue weighted by Crippen LogP contribution is -2.35. The molecule has 0 bridgehead atoms. The van der Waals surface area contributed by atoms with Gasteiger partial charge in [-0.05, 0) is 62.0 Å². The van der Waals surface area contributed by atoms with Crippen LogP contribution in [0.3, 0.4) is 0 Å². The van der Waals surface area contributed by atoms with Crippen LogP contribution in [0, 0.1) is 13.8 Å². The van der Waals surface area contributed by atoms with Crippen molar-refractivity contribution in [2.24, 2.45) is 0 Å². The van der Waals surface area contributed by atoms with E-state index in [4.69, 9.17) is 16.6 Å². The van der Waals surface area contributed by atoms with E-state index in [-0.39, 0.29) is 17.4 Å². The molecule has 3 aromatic carbocycles. The number of carbonyl (C=O) groups excluding carboxylic acids is 1. The number of oxazole rings is 1. The van der Waals surface area contributed by atoms with E-state index in [1.165, 1.54) is 0 Å². The fraction of sp³-hybridized carbons (Fsp3) is 0.125. The third-order valence-corrected chi connectivity index (χ3v) is 4.78. The van der Waals surface area contributed by atoms with Crippen molar-refractivity contribution in [3.63, 3.8) is 0 Å². The highest BCUT2D eigenvalue weighted by molar-refractivity contribution is 7.80. The average Bonchev–Trinajstić information content (AvgIpc) is 3.11. The number of hydrogen-bond acceptors (Lipinski definition) is 4. The molecule has 0 spiro atoms. The Morgan fingerprint density at radius 1 is 1.00 bits per heavy atom. The van der Waals surface area contributed by atoms with Crippen LogP contribution in [0.15, 0.2) is 71.1 Å². The molecule has 0 aliphatic carbocycles. The summed E-state index contributed by atoms with van der Waals surface area (Å²) >= 11 is 5.27. The fourth-order valence-corrected chi connectivity index (χ4v) is 3.57. The van der Waals surface area contributed by atoms with Gasteiger partial charge in [0.2, 0.25) is 11.8 Å². The van der Waals surface area contributed by atoms with Gasteiger partial charge in [-0.25, -0.2) is 4.98 Å². The van der Waals surface area contributed by atoms with Gasteiger partial charge in [-0.3, -0.25) is 4.79 Å². The molecule has 1 heterocycles. The van der Waals surface area contributed by atoms with Gasteiger partial charge in [0.05, 0.1) is 6.42 Å². The molecule has 2 N–H and O–H groups in total. The summed E-state index contributed by atoms with van der Waals surface area (Å²) in [6.07, 6.45) is 0.268. The number of aromatic nitrogens is 1. The van der Waals surface area contributed by atoms with E-state index >= 15 is 0 Å². The minimum absolute atomic E-state index is 0.168. The van der Waals surface area contributed by atoms with E-state index in [9.17, 15) is 4.79 Å². The molecular formula is C24H21N3O2S.